The standard InChI is InChI=1S/C18H22ClN3O.ClH/c1-12(2)17(20)18(23)22-14-8-9-16(15(19)10-14)21-11-13-6-4-3-5-7-13;/h3-10,12,17,21H,11,20H2,1-2H3,(H,22,23);1H/t17-;/m0./s1. The van der Waals surface area contributed by atoms with Gasteiger partial charge in [-0.3, -0.25) is 4.79 Å². The molecule has 0 spiro atoms. The van der Waals surface area contributed by atoms with Crippen molar-refractivity contribution in [2.24, 2.45) is 11.7 Å². The zero-order valence-electron chi connectivity index (χ0n) is 13.8. The van der Waals surface area contributed by atoms with E-state index in [1.807, 2.05) is 56.3 Å². The summed E-state index contributed by atoms with van der Waals surface area (Å²) in [5.74, 6) is -0.127. The number of nitrogens with two attached hydrogens (primary N) is 1. The molecular formula is C18H23Cl2N3O. The number of anilines is 2. The van der Waals surface area contributed by atoms with Crippen LogP contribution in [0.1, 0.15) is 19.4 Å². The van der Waals surface area contributed by atoms with E-state index in [0.717, 1.165) is 5.69 Å². The van der Waals surface area contributed by atoms with Gasteiger partial charge in [-0.1, -0.05) is 55.8 Å². The lowest BCUT2D eigenvalue weighted by Gasteiger charge is -2.16. The number of amides is 1. The van der Waals surface area contributed by atoms with Crippen molar-refractivity contribution in [1.82, 2.24) is 0 Å². The molecule has 2 aromatic rings. The van der Waals surface area contributed by atoms with Gasteiger partial charge >= 0.3 is 0 Å². The Morgan fingerprint density at radius 2 is 1.83 bits per heavy atom. The van der Waals surface area contributed by atoms with Gasteiger partial charge in [0.15, 0.2) is 0 Å². The fourth-order valence-corrected chi connectivity index (χ4v) is 2.31. The Kier molecular flexibility index (Phi) is 8.05. The van der Waals surface area contributed by atoms with Crippen LogP contribution >= 0.6 is 24.0 Å². The summed E-state index contributed by atoms with van der Waals surface area (Å²) in [5, 5.41) is 6.62. The van der Waals surface area contributed by atoms with E-state index in [-0.39, 0.29) is 24.2 Å². The van der Waals surface area contributed by atoms with E-state index >= 15 is 0 Å². The van der Waals surface area contributed by atoms with Gasteiger partial charge in [0.1, 0.15) is 0 Å². The first-order valence-electron chi connectivity index (χ1n) is 7.61. The summed E-state index contributed by atoms with van der Waals surface area (Å²) in [6.07, 6.45) is 0. The minimum atomic E-state index is -0.537. The van der Waals surface area contributed by atoms with Gasteiger partial charge in [-0.25, -0.2) is 0 Å². The highest BCUT2D eigenvalue weighted by molar-refractivity contribution is 6.33. The maximum absolute atomic E-state index is 12.0. The fourth-order valence-electron chi connectivity index (χ4n) is 2.06. The maximum atomic E-state index is 12.0. The Hall–Kier alpha value is -1.75. The molecule has 1 amide bonds. The summed E-state index contributed by atoms with van der Waals surface area (Å²) in [6.45, 7) is 4.51. The van der Waals surface area contributed by atoms with E-state index in [2.05, 4.69) is 10.6 Å². The van der Waals surface area contributed by atoms with Crippen molar-refractivity contribution < 1.29 is 4.79 Å². The molecule has 0 saturated heterocycles. The van der Waals surface area contributed by atoms with Crippen LogP contribution in [0.15, 0.2) is 48.5 Å². The predicted molar refractivity (Wildman–Crippen MR) is 104 cm³/mol. The predicted octanol–water partition coefficient (Wildman–Crippen LogP) is 4.30. The highest BCUT2D eigenvalue weighted by atomic mass is 35.5. The second kappa shape index (κ2) is 9.52. The molecule has 24 heavy (non-hydrogen) atoms. The van der Waals surface area contributed by atoms with Crippen LogP contribution in [0.2, 0.25) is 5.02 Å². The highest BCUT2D eigenvalue weighted by Gasteiger charge is 2.17. The van der Waals surface area contributed by atoms with Crippen molar-refractivity contribution >= 4 is 41.3 Å². The maximum Gasteiger partial charge on any atom is 0.241 e. The Labute approximate surface area is 154 Å². The molecule has 0 heterocycles. The van der Waals surface area contributed by atoms with E-state index in [0.29, 0.717) is 17.3 Å². The normalized spacial score (nSPS) is 11.5. The number of carbonyl (C=O) groups is 1. The zero-order valence-corrected chi connectivity index (χ0v) is 15.3. The van der Waals surface area contributed by atoms with Crippen molar-refractivity contribution in [1.29, 1.82) is 0 Å². The third-order valence-corrected chi connectivity index (χ3v) is 3.90. The molecular weight excluding hydrogens is 345 g/mol. The Balaban J connectivity index is 0.00000288. The molecule has 4 N–H and O–H groups in total. The first kappa shape index (κ1) is 20.3. The molecule has 130 valence electrons. The molecule has 0 saturated carbocycles. The summed E-state index contributed by atoms with van der Waals surface area (Å²) in [5.41, 5.74) is 8.46. The molecule has 2 rings (SSSR count). The smallest absolute Gasteiger partial charge is 0.241 e. The quantitative estimate of drug-likeness (QED) is 0.712. The largest absolute Gasteiger partial charge is 0.380 e. The summed E-state index contributed by atoms with van der Waals surface area (Å²) in [7, 11) is 0. The number of hydrogen-bond donors (Lipinski definition) is 3. The summed E-state index contributed by atoms with van der Waals surface area (Å²) in [4.78, 5) is 12.0. The lowest BCUT2D eigenvalue weighted by atomic mass is 10.0. The van der Waals surface area contributed by atoms with Gasteiger partial charge in [0.25, 0.3) is 0 Å². The first-order chi connectivity index (χ1) is 11.0. The number of benzene rings is 2. The Morgan fingerprint density at radius 3 is 2.42 bits per heavy atom. The van der Waals surface area contributed by atoms with Gasteiger partial charge in [0, 0.05) is 12.2 Å². The molecule has 1 atom stereocenters. The third kappa shape index (κ3) is 5.71. The van der Waals surface area contributed by atoms with Crippen LogP contribution in [0.4, 0.5) is 11.4 Å². The van der Waals surface area contributed by atoms with Crippen molar-refractivity contribution in [3.8, 4) is 0 Å². The monoisotopic (exact) mass is 367 g/mol. The molecule has 0 radical (unpaired) electrons. The Morgan fingerprint density at radius 1 is 1.17 bits per heavy atom. The number of nitrogens with one attached hydrogen (secondary N) is 2. The van der Waals surface area contributed by atoms with E-state index < -0.39 is 6.04 Å². The SMILES string of the molecule is CC(C)[C@H](N)C(=O)Nc1ccc(NCc2ccccc2)c(Cl)c1.Cl. The van der Waals surface area contributed by atoms with Crippen LogP contribution in [0.25, 0.3) is 0 Å². The lowest BCUT2D eigenvalue weighted by Crippen LogP contribution is -2.39. The van der Waals surface area contributed by atoms with Gasteiger partial charge in [-0.2, -0.15) is 0 Å². The van der Waals surface area contributed by atoms with Crippen LogP contribution in [-0.4, -0.2) is 11.9 Å². The van der Waals surface area contributed by atoms with Gasteiger partial charge < -0.3 is 16.4 Å². The number of halogens is 2. The zero-order chi connectivity index (χ0) is 16.8. The first-order valence-corrected chi connectivity index (χ1v) is 7.99. The number of carbonyl (C=O) groups excluding carboxylic acids is 1. The second-order valence-corrected chi connectivity index (χ2v) is 6.20. The van der Waals surface area contributed by atoms with Gasteiger partial charge in [0.2, 0.25) is 5.91 Å². The van der Waals surface area contributed by atoms with Crippen molar-refractivity contribution in [2.75, 3.05) is 10.6 Å². The van der Waals surface area contributed by atoms with E-state index in [1.165, 1.54) is 5.56 Å². The summed E-state index contributed by atoms with van der Waals surface area (Å²) >= 11 is 6.28. The van der Waals surface area contributed by atoms with E-state index in [9.17, 15) is 4.79 Å². The van der Waals surface area contributed by atoms with Crippen molar-refractivity contribution in [2.45, 2.75) is 26.4 Å². The molecule has 0 aliphatic heterocycles. The van der Waals surface area contributed by atoms with E-state index in [1.54, 1.807) is 6.07 Å². The van der Waals surface area contributed by atoms with Crippen LogP contribution in [0.3, 0.4) is 0 Å². The number of hydrogen-bond acceptors (Lipinski definition) is 3. The van der Waals surface area contributed by atoms with Gasteiger partial charge in [-0.15, -0.1) is 12.4 Å². The van der Waals surface area contributed by atoms with Crippen LogP contribution in [-0.2, 0) is 11.3 Å². The van der Waals surface area contributed by atoms with Gasteiger partial charge in [-0.05, 0) is 29.7 Å². The van der Waals surface area contributed by atoms with Crippen molar-refractivity contribution in [3.05, 3.63) is 59.1 Å². The highest BCUT2D eigenvalue weighted by Crippen LogP contribution is 2.26. The fraction of sp³-hybridized carbons (Fsp3) is 0.278. The lowest BCUT2D eigenvalue weighted by molar-refractivity contribution is -0.118. The van der Waals surface area contributed by atoms with E-state index in [4.69, 9.17) is 17.3 Å². The van der Waals surface area contributed by atoms with Gasteiger partial charge in [0.05, 0.1) is 16.8 Å². The molecule has 6 heteroatoms. The molecule has 0 unspecified atom stereocenters. The molecule has 0 aliphatic carbocycles. The minimum absolute atomic E-state index is 0. The average Bonchev–Trinajstić information content (AvgIpc) is 2.54. The van der Waals surface area contributed by atoms with Crippen LogP contribution in [0.5, 0.6) is 0 Å². The summed E-state index contributed by atoms with van der Waals surface area (Å²) < 4.78 is 0. The molecule has 2 aromatic carbocycles. The average molecular weight is 368 g/mol. The van der Waals surface area contributed by atoms with Crippen LogP contribution in [0, 0.1) is 5.92 Å². The molecule has 0 bridgehead atoms. The Bertz CT molecular complexity index is 663. The molecule has 0 aromatic heterocycles. The summed E-state index contributed by atoms with van der Waals surface area (Å²) in [6, 6.07) is 14.9. The topological polar surface area (TPSA) is 67.2 Å². The number of rotatable bonds is 6. The minimum Gasteiger partial charge on any atom is -0.380 e. The molecule has 0 fully saturated rings. The molecule has 0 aliphatic rings. The van der Waals surface area contributed by atoms with Crippen molar-refractivity contribution in [3.63, 3.8) is 0 Å². The van der Waals surface area contributed by atoms with Crippen LogP contribution < -0.4 is 16.4 Å². The molecule has 4 nitrogen and oxygen atoms in total. The third-order valence-electron chi connectivity index (χ3n) is 3.58. The second-order valence-electron chi connectivity index (χ2n) is 5.79.